The molecule has 2 heterocycles. The SMILES string of the molecule is Nc1cccc2c(NCC3CCCS3(=O)=O)ccnc12. The lowest BCUT2D eigenvalue weighted by atomic mass is 10.1. The van der Waals surface area contributed by atoms with Crippen molar-refractivity contribution in [2.45, 2.75) is 18.1 Å². The topological polar surface area (TPSA) is 85.1 Å². The van der Waals surface area contributed by atoms with E-state index in [9.17, 15) is 8.42 Å². The van der Waals surface area contributed by atoms with Gasteiger partial charge in [-0.25, -0.2) is 8.42 Å². The Kier molecular flexibility index (Phi) is 3.25. The highest BCUT2D eigenvalue weighted by Gasteiger charge is 2.30. The molecule has 0 spiro atoms. The second-order valence-electron chi connectivity index (χ2n) is 5.11. The van der Waals surface area contributed by atoms with E-state index in [0.717, 1.165) is 29.4 Å². The first-order valence-electron chi connectivity index (χ1n) is 6.66. The number of para-hydroxylation sites is 1. The molecular formula is C14H17N3O2S. The van der Waals surface area contributed by atoms with Gasteiger partial charge in [0.15, 0.2) is 9.84 Å². The van der Waals surface area contributed by atoms with Crippen LogP contribution in [-0.2, 0) is 9.84 Å². The van der Waals surface area contributed by atoms with Crippen LogP contribution in [0.5, 0.6) is 0 Å². The van der Waals surface area contributed by atoms with Crippen LogP contribution >= 0.6 is 0 Å². The molecule has 1 aromatic heterocycles. The molecule has 0 amide bonds. The molecule has 0 radical (unpaired) electrons. The number of nitrogens with two attached hydrogens (primary N) is 1. The summed E-state index contributed by atoms with van der Waals surface area (Å²) in [6.07, 6.45) is 3.18. The van der Waals surface area contributed by atoms with Gasteiger partial charge in [0, 0.05) is 23.8 Å². The number of fused-ring (bicyclic) bond motifs is 1. The fraction of sp³-hybridized carbons (Fsp3) is 0.357. The number of benzene rings is 1. The van der Waals surface area contributed by atoms with E-state index in [4.69, 9.17) is 5.73 Å². The van der Waals surface area contributed by atoms with E-state index in [0.29, 0.717) is 18.0 Å². The van der Waals surface area contributed by atoms with Gasteiger partial charge in [-0.3, -0.25) is 4.98 Å². The third-order valence-corrected chi connectivity index (χ3v) is 6.06. The van der Waals surface area contributed by atoms with Crippen molar-refractivity contribution in [2.24, 2.45) is 0 Å². The van der Waals surface area contributed by atoms with Gasteiger partial charge >= 0.3 is 0 Å². The maximum absolute atomic E-state index is 11.8. The van der Waals surface area contributed by atoms with Crippen molar-refractivity contribution in [1.29, 1.82) is 0 Å². The molecule has 1 aliphatic rings. The number of anilines is 2. The lowest BCUT2D eigenvalue weighted by Gasteiger charge is -2.14. The zero-order valence-electron chi connectivity index (χ0n) is 11.0. The molecule has 0 aliphatic carbocycles. The van der Waals surface area contributed by atoms with Gasteiger partial charge in [0.05, 0.1) is 22.2 Å². The van der Waals surface area contributed by atoms with Gasteiger partial charge in [-0.2, -0.15) is 0 Å². The van der Waals surface area contributed by atoms with Crippen molar-refractivity contribution >= 4 is 32.1 Å². The Balaban J connectivity index is 1.87. The summed E-state index contributed by atoms with van der Waals surface area (Å²) in [5, 5.41) is 3.87. The highest BCUT2D eigenvalue weighted by Crippen LogP contribution is 2.26. The number of rotatable bonds is 3. The summed E-state index contributed by atoms with van der Waals surface area (Å²) < 4.78 is 23.7. The Morgan fingerprint density at radius 2 is 2.20 bits per heavy atom. The average Bonchev–Trinajstić information content (AvgIpc) is 2.76. The fourth-order valence-electron chi connectivity index (χ4n) is 2.66. The van der Waals surface area contributed by atoms with Crippen LogP contribution < -0.4 is 11.1 Å². The number of pyridine rings is 1. The number of nitrogens with zero attached hydrogens (tertiary/aromatic N) is 1. The molecule has 1 unspecified atom stereocenters. The Hall–Kier alpha value is -1.82. The van der Waals surface area contributed by atoms with Crippen molar-refractivity contribution in [1.82, 2.24) is 4.98 Å². The predicted molar refractivity (Wildman–Crippen MR) is 81.5 cm³/mol. The minimum atomic E-state index is -2.92. The van der Waals surface area contributed by atoms with E-state index < -0.39 is 9.84 Å². The summed E-state index contributed by atoms with van der Waals surface area (Å²) in [7, 11) is -2.92. The van der Waals surface area contributed by atoms with Crippen molar-refractivity contribution in [2.75, 3.05) is 23.3 Å². The van der Waals surface area contributed by atoms with Crippen molar-refractivity contribution in [3.63, 3.8) is 0 Å². The largest absolute Gasteiger partial charge is 0.397 e. The quantitative estimate of drug-likeness (QED) is 0.842. The molecule has 3 rings (SSSR count). The zero-order valence-corrected chi connectivity index (χ0v) is 11.9. The molecule has 1 atom stereocenters. The van der Waals surface area contributed by atoms with Crippen molar-refractivity contribution in [3.8, 4) is 0 Å². The molecule has 6 heteroatoms. The maximum atomic E-state index is 11.8. The number of nitrogens with one attached hydrogen (secondary N) is 1. The molecule has 106 valence electrons. The summed E-state index contributed by atoms with van der Waals surface area (Å²) >= 11 is 0. The van der Waals surface area contributed by atoms with Crippen molar-refractivity contribution < 1.29 is 8.42 Å². The number of sulfone groups is 1. The molecule has 1 aromatic carbocycles. The van der Waals surface area contributed by atoms with Gasteiger partial charge in [-0.1, -0.05) is 12.1 Å². The number of nitrogen functional groups attached to an aromatic ring is 1. The molecule has 3 N–H and O–H groups in total. The lowest BCUT2D eigenvalue weighted by Crippen LogP contribution is -2.25. The first-order chi connectivity index (χ1) is 9.58. The maximum Gasteiger partial charge on any atom is 0.154 e. The molecular weight excluding hydrogens is 274 g/mol. The Labute approximate surface area is 118 Å². The summed E-state index contributed by atoms with van der Waals surface area (Å²) in [5.74, 6) is 0.309. The van der Waals surface area contributed by atoms with Crippen LogP contribution in [0.25, 0.3) is 10.9 Å². The van der Waals surface area contributed by atoms with E-state index in [1.165, 1.54) is 0 Å². The second-order valence-corrected chi connectivity index (χ2v) is 7.51. The van der Waals surface area contributed by atoms with E-state index >= 15 is 0 Å². The molecule has 2 aromatic rings. The third-order valence-electron chi connectivity index (χ3n) is 3.79. The molecule has 1 aliphatic heterocycles. The Bertz CT molecular complexity index is 743. The third kappa shape index (κ3) is 2.31. The van der Waals surface area contributed by atoms with Gasteiger partial charge in [-0.15, -0.1) is 0 Å². The molecule has 1 saturated heterocycles. The minimum absolute atomic E-state index is 0.285. The van der Waals surface area contributed by atoms with Crippen molar-refractivity contribution in [3.05, 3.63) is 30.5 Å². The lowest BCUT2D eigenvalue weighted by molar-refractivity contribution is 0.591. The first kappa shape index (κ1) is 13.2. The van der Waals surface area contributed by atoms with E-state index in [1.807, 2.05) is 18.2 Å². The summed E-state index contributed by atoms with van der Waals surface area (Å²) in [5.41, 5.74) is 8.15. The highest BCUT2D eigenvalue weighted by molar-refractivity contribution is 7.92. The van der Waals surface area contributed by atoms with Crippen LogP contribution in [0.3, 0.4) is 0 Å². The van der Waals surface area contributed by atoms with Gasteiger partial charge in [0.2, 0.25) is 0 Å². The van der Waals surface area contributed by atoms with E-state index in [1.54, 1.807) is 12.3 Å². The fourth-order valence-corrected chi connectivity index (χ4v) is 4.43. The van der Waals surface area contributed by atoms with Gasteiger partial charge in [0.1, 0.15) is 0 Å². The standard InChI is InChI=1S/C14H17N3O2S/c15-12-5-1-4-11-13(6-7-16-14(11)12)17-9-10-3-2-8-20(10,18)19/h1,4-7,10H,2-3,8-9,15H2,(H,16,17). The number of hydrogen-bond acceptors (Lipinski definition) is 5. The van der Waals surface area contributed by atoms with Crippen LogP contribution in [0.1, 0.15) is 12.8 Å². The normalized spacial score (nSPS) is 21.1. The first-order valence-corrected chi connectivity index (χ1v) is 8.38. The predicted octanol–water partition coefficient (Wildman–Crippen LogP) is 1.81. The second kappa shape index (κ2) is 4.94. The molecule has 0 saturated carbocycles. The van der Waals surface area contributed by atoms with E-state index in [2.05, 4.69) is 10.3 Å². The average molecular weight is 291 g/mol. The van der Waals surface area contributed by atoms with E-state index in [-0.39, 0.29) is 5.25 Å². The monoisotopic (exact) mass is 291 g/mol. The van der Waals surface area contributed by atoms with Gasteiger partial charge in [0.25, 0.3) is 0 Å². The van der Waals surface area contributed by atoms with Gasteiger partial charge in [-0.05, 0) is 25.0 Å². The highest BCUT2D eigenvalue weighted by atomic mass is 32.2. The van der Waals surface area contributed by atoms with Crippen LogP contribution in [0.2, 0.25) is 0 Å². The van der Waals surface area contributed by atoms with Crippen LogP contribution in [-0.4, -0.2) is 30.9 Å². The number of aromatic nitrogens is 1. The summed E-state index contributed by atoms with van der Waals surface area (Å²) in [6.45, 7) is 0.441. The molecule has 5 nitrogen and oxygen atoms in total. The van der Waals surface area contributed by atoms with Crippen LogP contribution in [0.15, 0.2) is 30.5 Å². The molecule has 20 heavy (non-hydrogen) atoms. The smallest absolute Gasteiger partial charge is 0.154 e. The molecule has 0 bridgehead atoms. The van der Waals surface area contributed by atoms with Gasteiger partial charge < -0.3 is 11.1 Å². The summed E-state index contributed by atoms with van der Waals surface area (Å²) in [6, 6.07) is 7.46. The van der Waals surface area contributed by atoms with Crippen LogP contribution in [0, 0.1) is 0 Å². The summed E-state index contributed by atoms with van der Waals surface area (Å²) in [4.78, 5) is 4.27. The Morgan fingerprint density at radius 1 is 1.35 bits per heavy atom. The zero-order chi connectivity index (χ0) is 14.2. The Morgan fingerprint density at radius 3 is 2.95 bits per heavy atom. The minimum Gasteiger partial charge on any atom is -0.397 e. The van der Waals surface area contributed by atoms with Crippen LogP contribution in [0.4, 0.5) is 11.4 Å². The number of hydrogen-bond donors (Lipinski definition) is 2. The molecule has 1 fully saturated rings.